The van der Waals surface area contributed by atoms with Crippen molar-refractivity contribution in [2.24, 2.45) is 0 Å². The highest BCUT2D eigenvalue weighted by Gasteiger charge is 2.09. The number of fused-ring (bicyclic) bond motifs is 1. The third-order valence-corrected chi connectivity index (χ3v) is 3.68. The van der Waals surface area contributed by atoms with Crippen molar-refractivity contribution in [2.45, 2.75) is 6.92 Å². The van der Waals surface area contributed by atoms with Gasteiger partial charge in [0.25, 0.3) is 5.91 Å². The van der Waals surface area contributed by atoms with Crippen LogP contribution in [-0.2, 0) is 0 Å². The summed E-state index contributed by atoms with van der Waals surface area (Å²) in [6.07, 6.45) is 0. The fourth-order valence-corrected chi connectivity index (χ4v) is 2.43. The zero-order chi connectivity index (χ0) is 15.5. The Morgan fingerprint density at radius 2 is 1.73 bits per heavy atom. The fourth-order valence-electron chi connectivity index (χ4n) is 2.43. The van der Waals surface area contributed by atoms with Crippen LogP contribution in [0.15, 0.2) is 60.7 Å². The number of carbonyl (C=O) groups is 1. The molecule has 1 N–H and O–H groups in total. The van der Waals surface area contributed by atoms with Crippen molar-refractivity contribution in [3.05, 3.63) is 71.8 Å². The zero-order valence-electron chi connectivity index (χ0n) is 12.6. The van der Waals surface area contributed by atoms with Crippen LogP contribution in [0.1, 0.15) is 15.9 Å². The Hall–Kier alpha value is -2.81. The third kappa shape index (κ3) is 2.79. The van der Waals surface area contributed by atoms with Crippen molar-refractivity contribution < 1.29 is 9.53 Å². The fraction of sp³-hybridized carbons (Fsp3) is 0.105. The van der Waals surface area contributed by atoms with E-state index in [1.165, 1.54) is 0 Å². The van der Waals surface area contributed by atoms with Crippen molar-refractivity contribution in [3.63, 3.8) is 0 Å². The molecule has 0 atom stereocenters. The van der Waals surface area contributed by atoms with Gasteiger partial charge in [0.2, 0.25) is 0 Å². The lowest BCUT2D eigenvalue weighted by Crippen LogP contribution is -2.12. The quantitative estimate of drug-likeness (QED) is 0.776. The van der Waals surface area contributed by atoms with Crippen LogP contribution in [0, 0.1) is 6.92 Å². The van der Waals surface area contributed by atoms with Crippen LogP contribution < -0.4 is 10.1 Å². The molecule has 3 heteroatoms. The van der Waals surface area contributed by atoms with Gasteiger partial charge in [0.05, 0.1) is 7.11 Å². The molecule has 0 radical (unpaired) electrons. The van der Waals surface area contributed by atoms with Crippen LogP contribution in [0.4, 0.5) is 5.69 Å². The van der Waals surface area contributed by atoms with E-state index in [-0.39, 0.29) is 5.91 Å². The monoisotopic (exact) mass is 291 g/mol. The molecule has 0 heterocycles. The molecule has 3 aromatic rings. The highest BCUT2D eigenvalue weighted by molar-refractivity contribution is 6.05. The number of carbonyl (C=O) groups excluding carboxylic acids is 1. The van der Waals surface area contributed by atoms with E-state index in [4.69, 9.17) is 4.74 Å². The van der Waals surface area contributed by atoms with Gasteiger partial charge >= 0.3 is 0 Å². The first-order valence-corrected chi connectivity index (χ1v) is 7.12. The number of hydrogen-bond donors (Lipinski definition) is 1. The van der Waals surface area contributed by atoms with Crippen LogP contribution in [0.2, 0.25) is 0 Å². The largest absolute Gasteiger partial charge is 0.496 e. The number of aryl methyl sites for hydroxylation is 1. The molecule has 0 fully saturated rings. The minimum atomic E-state index is -0.145. The van der Waals surface area contributed by atoms with Crippen molar-refractivity contribution in [2.75, 3.05) is 12.4 Å². The van der Waals surface area contributed by atoms with E-state index >= 15 is 0 Å². The van der Waals surface area contributed by atoms with Gasteiger partial charge in [-0.3, -0.25) is 4.79 Å². The summed E-state index contributed by atoms with van der Waals surface area (Å²) in [6, 6.07) is 19.4. The molecule has 110 valence electrons. The molecule has 3 nitrogen and oxygen atoms in total. The van der Waals surface area contributed by atoms with E-state index in [1.54, 1.807) is 19.2 Å². The topological polar surface area (TPSA) is 38.3 Å². The second-order valence-electron chi connectivity index (χ2n) is 5.20. The molecule has 22 heavy (non-hydrogen) atoms. The van der Waals surface area contributed by atoms with E-state index in [1.807, 2.05) is 55.5 Å². The molecule has 3 rings (SSSR count). The first-order chi connectivity index (χ1) is 10.7. The van der Waals surface area contributed by atoms with E-state index in [0.717, 1.165) is 22.0 Å². The number of rotatable bonds is 3. The number of anilines is 1. The maximum absolute atomic E-state index is 12.4. The molecule has 0 saturated carbocycles. The second-order valence-corrected chi connectivity index (χ2v) is 5.20. The Balaban J connectivity index is 1.86. The number of hydrogen-bond acceptors (Lipinski definition) is 2. The summed E-state index contributed by atoms with van der Waals surface area (Å²) >= 11 is 0. The zero-order valence-corrected chi connectivity index (χ0v) is 12.6. The normalized spacial score (nSPS) is 10.5. The molecule has 0 aliphatic rings. The lowest BCUT2D eigenvalue weighted by Gasteiger charge is -2.09. The molecular weight excluding hydrogens is 274 g/mol. The van der Waals surface area contributed by atoms with Crippen molar-refractivity contribution in [1.82, 2.24) is 0 Å². The Morgan fingerprint density at radius 1 is 0.955 bits per heavy atom. The summed E-state index contributed by atoms with van der Waals surface area (Å²) < 4.78 is 5.26. The van der Waals surface area contributed by atoms with Gasteiger partial charge in [-0.15, -0.1) is 0 Å². The highest BCUT2D eigenvalue weighted by atomic mass is 16.5. The first-order valence-electron chi connectivity index (χ1n) is 7.12. The maximum atomic E-state index is 12.4. The Kier molecular flexibility index (Phi) is 3.79. The standard InChI is InChI=1S/C19H17NO2/c1-13-7-8-16(12-18(13)22-2)19(21)20-17-10-9-14-5-3-4-6-15(14)11-17/h3-12H,1-2H3,(H,20,21). The average molecular weight is 291 g/mol. The van der Waals surface area contributed by atoms with Crippen molar-refractivity contribution in [1.29, 1.82) is 0 Å². The van der Waals surface area contributed by atoms with Crippen molar-refractivity contribution >= 4 is 22.4 Å². The van der Waals surface area contributed by atoms with Crippen LogP contribution in [0.25, 0.3) is 10.8 Å². The Morgan fingerprint density at radius 3 is 2.50 bits per heavy atom. The summed E-state index contributed by atoms with van der Waals surface area (Å²) in [5.41, 5.74) is 2.36. The van der Waals surface area contributed by atoms with E-state index in [0.29, 0.717) is 11.3 Å². The molecule has 0 aromatic heterocycles. The van der Waals surface area contributed by atoms with Gasteiger partial charge in [0, 0.05) is 11.3 Å². The summed E-state index contributed by atoms with van der Waals surface area (Å²) in [5.74, 6) is 0.569. The molecule has 0 unspecified atom stereocenters. The predicted molar refractivity (Wildman–Crippen MR) is 89.6 cm³/mol. The Labute approximate surface area is 129 Å². The molecule has 0 spiro atoms. The summed E-state index contributed by atoms with van der Waals surface area (Å²) in [7, 11) is 1.60. The third-order valence-electron chi connectivity index (χ3n) is 3.68. The molecule has 0 aliphatic heterocycles. The van der Waals surface area contributed by atoms with Crippen LogP contribution in [-0.4, -0.2) is 13.0 Å². The summed E-state index contributed by atoms with van der Waals surface area (Å²) in [6.45, 7) is 1.95. The smallest absolute Gasteiger partial charge is 0.255 e. The first kappa shape index (κ1) is 14.1. The molecule has 0 saturated heterocycles. The molecule has 1 amide bonds. The number of nitrogens with one attached hydrogen (secondary N) is 1. The molecule has 0 aliphatic carbocycles. The number of methoxy groups -OCH3 is 1. The average Bonchev–Trinajstić information content (AvgIpc) is 2.55. The molecule has 0 bridgehead atoms. The summed E-state index contributed by atoms with van der Waals surface area (Å²) in [5, 5.41) is 5.18. The lowest BCUT2D eigenvalue weighted by molar-refractivity contribution is 0.102. The minimum Gasteiger partial charge on any atom is -0.496 e. The van der Waals surface area contributed by atoms with Gasteiger partial charge in [-0.1, -0.05) is 36.4 Å². The SMILES string of the molecule is COc1cc(C(=O)Nc2ccc3ccccc3c2)ccc1C. The number of ether oxygens (including phenoxy) is 1. The molecular formula is C19H17NO2. The lowest BCUT2D eigenvalue weighted by atomic mass is 10.1. The second kappa shape index (κ2) is 5.90. The number of benzene rings is 3. The summed E-state index contributed by atoms with van der Waals surface area (Å²) in [4.78, 5) is 12.4. The predicted octanol–water partition coefficient (Wildman–Crippen LogP) is 4.41. The van der Waals surface area contributed by atoms with Gasteiger partial charge in [-0.2, -0.15) is 0 Å². The number of amides is 1. The highest BCUT2D eigenvalue weighted by Crippen LogP contribution is 2.22. The maximum Gasteiger partial charge on any atom is 0.255 e. The van der Waals surface area contributed by atoms with E-state index in [2.05, 4.69) is 5.32 Å². The van der Waals surface area contributed by atoms with Crippen LogP contribution >= 0.6 is 0 Å². The van der Waals surface area contributed by atoms with Gasteiger partial charge in [0.1, 0.15) is 5.75 Å². The van der Waals surface area contributed by atoms with Gasteiger partial charge < -0.3 is 10.1 Å². The van der Waals surface area contributed by atoms with Gasteiger partial charge in [-0.05, 0) is 47.5 Å². The molecule has 3 aromatic carbocycles. The van der Waals surface area contributed by atoms with E-state index in [9.17, 15) is 4.79 Å². The van der Waals surface area contributed by atoms with Gasteiger partial charge in [-0.25, -0.2) is 0 Å². The van der Waals surface area contributed by atoms with E-state index < -0.39 is 0 Å². The minimum absolute atomic E-state index is 0.145. The van der Waals surface area contributed by atoms with Gasteiger partial charge in [0.15, 0.2) is 0 Å². The Bertz CT molecular complexity index is 840. The van der Waals surface area contributed by atoms with Crippen molar-refractivity contribution in [3.8, 4) is 5.75 Å². The van der Waals surface area contributed by atoms with Crippen LogP contribution in [0.3, 0.4) is 0 Å². The van der Waals surface area contributed by atoms with Crippen LogP contribution in [0.5, 0.6) is 5.75 Å².